The van der Waals surface area contributed by atoms with Crippen molar-refractivity contribution in [3.8, 4) is 5.75 Å². The van der Waals surface area contributed by atoms with Crippen LogP contribution in [0.2, 0.25) is 0 Å². The molecule has 0 fully saturated rings. The van der Waals surface area contributed by atoms with Crippen molar-refractivity contribution in [3.05, 3.63) is 80.6 Å². The van der Waals surface area contributed by atoms with Gasteiger partial charge >= 0.3 is 11.6 Å². The quantitative estimate of drug-likeness (QED) is 0.204. The average Bonchev–Trinajstić information content (AvgIpc) is 2.78. The summed E-state index contributed by atoms with van der Waals surface area (Å²) in [6, 6.07) is 14.0. The van der Waals surface area contributed by atoms with Gasteiger partial charge in [-0.2, -0.15) is 0 Å². The number of nitrogens with one attached hydrogen (secondary N) is 1. The fourth-order valence-corrected chi connectivity index (χ4v) is 3.28. The molecule has 0 saturated carbocycles. The molecule has 1 heterocycles. The Morgan fingerprint density at radius 3 is 2.78 bits per heavy atom. The first kappa shape index (κ1) is 23.3. The number of fused-ring (bicyclic) bond motifs is 1. The fourth-order valence-electron chi connectivity index (χ4n) is 2.90. The Morgan fingerprint density at radius 2 is 1.97 bits per heavy atom. The lowest BCUT2D eigenvalue weighted by molar-refractivity contribution is -0.137. The number of amides is 1. The first-order chi connectivity index (χ1) is 15.5. The van der Waals surface area contributed by atoms with E-state index in [1.54, 1.807) is 30.3 Å². The van der Waals surface area contributed by atoms with Gasteiger partial charge in [-0.15, -0.1) is 0 Å². The fraction of sp³-hybridized carbons (Fsp3) is 0.208. The highest BCUT2D eigenvalue weighted by molar-refractivity contribution is 9.10. The largest absolute Gasteiger partial charge is 0.493 e. The lowest BCUT2D eigenvalue weighted by atomic mass is 10.2. The Hall–Kier alpha value is -3.39. The topological polar surface area (TPSA) is 94.8 Å². The molecule has 3 rings (SSSR count). The second-order valence-corrected chi connectivity index (χ2v) is 7.63. The van der Waals surface area contributed by atoms with Crippen molar-refractivity contribution in [2.24, 2.45) is 0 Å². The van der Waals surface area contributed by atoms with E-state index in [-0.39, 0.29) is 18.7 Å². The molecular formula is C24H22BrNO6. The molecule has 0 aliphatic carbocycles. The molecule has 8 heteroatoms. The van der Waals surface area contributed by atoms with Gasteiger partial charge in [0.25, 0.3) is 5.91 Å². The maximum absolute atomic E-state index is 12.3. The van der Waals surface area contributed by atoms with Crippen molar-refractivity contribution >= 4 is 44.9 Å². The van der Waals surface area contributed by atoms with Crippen LogP contribution >= 0.6 is 15.9 Å². The van der Waals surface area contributed by atoms with Crippen molar-refractivity contribution in [1.82, 2.24) is 5.32 Å². The van der Waals surface area contributed by atoms with Gasteiger partial charge in [-0.05, 0) is 49.8 Å². The summed E-state index contributed by atoms with van der Waals surface area (Å²) in [5, 5.41) is 3.30. The van der Waals surface area contributed by atoms with Crippen LogP contribution in [-0.2, 0) is 9.53 Å². The van der Waals surface area contributed by atoms with Crippen LogP contribution in [0.3, 0.4) is 0 Å². The van der Waals surface area contributed by atoms with Crippen LogP contribution < -0.4 is 15.7 Å². The highest BCUT2D eigenvalue weighted by Gasteiger charge is 2.13. The molecule has 0 radical (unpaired) electrons. The molecule has 0 bridgehead atoms. The van der Waals surface area contributed by atoms with Crippen molar-refractivity contribution in [2.75, 3.05) is 19.8 Å². The van der Waals surface area contributed by atoms with E-state index in [1.807, 2.05) is 25.1 Å². The van der Waals surface area contributed by atoms with Gasteiger partial charge in [0.1, 0.15) is 16.9 Å². The minimum absolute atomic E-state index is 0.0669. The number of ether oxygens (including phenoxy) is 2. The molecule has 7 nitrogen and oxygen atoms in total. The number of para-hydroxylation sites is 1. The number of esters is 1. The number of hydrogen-bond acceptors (Lipinski definition) is 6. The predicted molar refractivity (Wildman–Crippen MR) is 125 cm³/mol. The Bertz CT molecular complexity index is 1200. The van der Waals surface area contributed by atoms with E-state index in [9.17, 15) is 14.4 Å². The Kier molecular flexibility index (Phi) is 8.21. The van der Waals surface area contributed by atoms with E-state index in [1.165, 1.54) is 12.1 Å². The van der Waals surface area contributed by atoms with Crippen LogP contribution in [0.15, 0.2) is 68.3 Å². The van der Waals surface area contributed by atoms with Gasteiger partial charge in [0.05, 0.1) is 13.2 Å². The SMILES string of the molecule is CCOc1ccc(Br)cc1/C=C/C(=O)OCCCNC(=O)c1cc2ccccc2oc1=O. The molecule has 1 aromatic heterocycles. The summed E-state index contributed by atoms with van der Waals surface area (Å²) in [7, 11) is 0. The number of hydrogen-bond donors (Lipinski definition) is 1. The maximum atomic E-state index is 12.3. The summed E-state index contributed by atoms with van der Waals surface area (Å²) in [5.41, 5.74) is 0.407. The summed E-state index contributed by atoms with van der Waals surface area (Å²) in [6.07, 6.45) is 3.34. The standard InChI is InChI=1S/C24H22BrNO6/c1-2-30-20-10-9-18(25)14-17(20)8-11-22(27)31-13-5-12-26-23(28)19-15-16-6-3-4-7-21(16)32-24(19)29/h3-4,6-11,14-15H,2,5,12-13H2,1H3,(H,26,28)/b11-8+. The third-order valence-electron chi connectivity index (χ3n) is 4.41. The molecule has 0 atom stereocenters. The number of carbonyl (C=O) groups excluding carboxylic acids is 2. The number of halogens is 1. The van der Waals surface area contributed by atoms with Gasteiger partial charge in [-0.25, -0.2) is 9.59 Å². The summed E-state index contributed by atoms with van der Waals surface area (Å²) < 4.78 is 16.7. The molecule has 1 N–H and O–H groups in total. The molecule has 0 aliphatic heterocycles. The first-order valence-electron chi connectivity index (χ1n) is 10.1. The number of carbonyl (C=O) groups is 2. The normalized spacial score (nSPS) is 10.9. The lowest BCUT2D eigenvalue weighted by Gasteiger charge is -2.07. The van der Waals surface area contributed by atoms with Crippen LogP contribution in [0, 0.1) is 0 Å². The Morgan fingerprint density at radius 1 is 1.16 bits per heavy atom. The molecule has 166 valence electrons. The van der Waals surface area contributed by atoms with Crippen LogP contribution in [0.4, 0.5) is 0 Å². The van der Waals surface area contributed by atoms with Crippen molar-refractivity contribution in [2.45, 2.75) is 13.3 Å². The Balaban J connectivity index is 1.46. The van der Waals surface area contributed by atoms with Crippen molar-refractivity contribution in [1.29, 1.82) is 0 Å². The van der Waals surface area contributed by atoms with Crippen molar-refractivity contribution < 1.29 is 23.5 Å². The number of benzene rings is 2. The first-order valence-corrected chi connectivity index (χ1v) is 10.9. The van der Waals surface area contributed by atoms with Gasteiger partial charge in [0, 0.05) is 28.0 Å². The molecule has 1 amide bonds. The molecule has 0 unspecified atom stereocenters. The van der Waals surface area contributed by atoms with Crippen LogP contribution in [0.5, 0.6) is 5.75 Å². The van der Waals surface area contributed by atoms with Crippen LogP contribution in [0.1, 0.15) is 29.3 Å². The van der Waals surface area contributed by atoms with Gasteiger partial charge in [0.2, 0.25) is 0 Å². The number of rotatable bonds is 9. The minimum Gasteiger partial charge on any atom is -0.493 e. The molecular weight excluding hydrogens is 478 g/mol. The van der Waals surface area contributed by atoms with E-state index in [2.05, 4.69) is 21.2 Å². The zero-order valence-corrected chi connectivity index (χ0v) is 19.0. The van der Waals surface area contributed by atoms with E-state index < -0.39 is 17.5 Å². The van der Waals surface area contributed by atoms with Crippen molar-refractivity contribution in [3.63, 3.8) is 0 Å². The third-order valence-corrected chi connectivity index (χ3v) is 4.90. The summed E-state index contributed by atoms with van der Waals surface area (Å²) >= 11 is 3.39. The van der Waals surface area contributed by atoms with Gasteiger partial charge < -0.3 is 19.2 Å². The van der Waals surface area contributed by atoms with E-state index in [4.69, 9.17) is 13.9 Å². The van der Waals surface area contributed by atoms with E-state index in [0.717, 1.165) is 10.0 Å². The summed E-state index contributed by atoms with van der Waals surface area (Å²) in [6.45, 7) is 2.75. The minimum atomic E-state index is -0.697. The molecule has 32 heavy (non-hydrogen) atoms. The molecule has 0 aliphatic rings. The van der Waals surface area contributed by atoms with Gasteiger partial charge in [-0.1, -0.05) is 34.1 Å². The molecule has 3 aromatic rings. The smallest absolute Gasteiger partial charge is 0.349 e. The van der Waals surface area contributed by atoms with Gasteiger partial charge in [0.15, 0.2) is 0 Å². The second-order valence-electron chi connectivity index (χ2n) is 6.71. The Labute approximate surface area is 193 Å². The maximum Gasteiger partial charge on any atom is 0.349 e. The van der Waals surface area contributed by atoms with Crippen LogP contribution in [-0.4, -0.2) is 31.6 Å². The van der Waals surface area contributed by atoms with E-state index >= 15 is 0 Å². The molecule has 0 spiro atoms. The third kappa shape index (κ3) is 6.31. The zero-order chi connectivity index (χ0) is 22.9. The van der Waals surface area contributed by atoms with E-state index in [0.29, 0.717) is 29.7 Å². The summed E-state index contributed by atoms with van der Waals surface area (Å²) in [5.74, 6) is -0.372. The average molecular weight is 500 g/mol. The zero-order valence-electron chi connectivity index (χ0n) is 17.4. The highest BCUT2D eigenvalue weighted by Crippen LogP contribution is 2.24. The highest BCUT2D eigenvalue weighted by atomic mass is 79.9. The summed E-state index contributed by atoms with van der Waals surface area (Å²) in [4.78, 5) is 36.2. The second kappa shape index (κ2) is 11.3. The molecule has 0 saturated heterocycles. The van der Waals surface area contributed by atoms with Crippen LogP contribution in [0.25, 0.3) is 17.0 Å². The monoisotopic (exact) mass is 499 g/mol. The predicted octanol–water partition coefficient (Wildman–Crippen LogP) is 4.33. The van der Waals surface area contributed by atoms with Gasteiger partial charge in [-0.3, -0.25) is 4.79 Å². The molecule has 2 aromatic carbocycles. The lowest BCUT2D eigenvalue weighted by Crippen LogP contribution is -2.29.